The molecule has 3 rings (SSSR count). The molecule has 0 saturated heterocycles. The van der Waals surface area contributed by atoms with Gasteiger partial charge in [-0.05, 0) is 75.2 Å². The Morgan fingerprint density at radius 3 is 2.37 bits per heavy atom. The number of carbonyl (C=O) groups is 1. The fourth-order valence-electron chi connectivity index (χ4n) is 3.47. The zero-order valence-corrected chi connectivity index (χ0v) is 20.1. The maximum atomic E-state index is 12.8. The van der Waals surface area contributed by atoms with Crippen LogP contribution in [0.2, 0.25) is 0 Å². The highest BCUT2D eigenvalue weighted by molar-refractivity contribution is 5.75. The largest absolute Gasteiger partial charge is 0.487 e. The van der Waals surface area contributed by atoms with Gasteiger partial charge in [0, 0.05) is 18.6 Å². The van der Waals surface area contributed by atoms with Gasteiger partial charge in [0.05, 0.1) is 12.2 Å². The Kier molecular flexibility index (Phi) is 8.56. The lowest BCUT2D eigenvalue weighted by Gasteiger charge is -2.17. The van der Waals surface area contributed by atoms with Gasteiger partial charge in [-0.25, -0.2) is 9.78 Å². The standard InChI is InChI=1S/C26H28F3NO5/c1-5-32-23(25(31)33-6-2)14-19-9-12-21(13-16(19)3)34-15-22-17(4)35-24(30-22)18-7-10-20(11-8-18)26(27,28)29/h7-13,23H,5-6,14-15H2,1-4H3. The van der Waals surface area contributed by atoms with Gasteiger partial charge in [-0.3, -0.25) is 0 Å². The van der Waals surface area contributed by atoms with Crippen LogP contribution >= 0.6 is 0 Å². The molecule has 0 fully saturated rings. The number of hydrogen-bond donors (Lipinski definition) is 0. The smallest absolute Gasteiger partial charge is 0.416 e. The normalized spacial score (nSPS) is 12.4. The first-order valence-electron chi connectivity index (χ1n) is 11.3. The number of carbonyl (C=O) groups excluding carboxylic acids is 1. The molecule has 1 aromatic heterocycles. The van der Waals surface area contributed by atoms with Crippen LogP contribution in [-0.2, 0) is 33.5 Å². The summed E-state index contributed by atoms with van der Waals surface area (Å²) < 4.78 is 60.5. The van der Waals surface area contributed by atoms with E-state index in [2.05, 4.69) is 4.98 Å². The fourth-order valence-corrected chi connectivity index (χ4v) is 3.47. The molecule has 0 radical (unpaired) electrons. The Morgan fingerprint density at radius 1 is 1.06 bits per heavy atom. The Labute approximate surface area is 202 Å². The van der Waals surface area contributed by atoms with Crippen LogP contribution < -0.4 is 4.74 Å². The zero-order chi connectivity index (χ0) is 25.6. The maximum absolute atomic E-state index is 12.8. The molecule has 0 aliphatic heterocycles. The monoisotopic (exact) mass is 491 g/mol. The summed E-state index contributed by atoms with van der Waals surface area (Å²) in [5.41, 5.74) is 2.12. The van der Waals surface area contributed by atoms with Gasteiger partial charge in [0.1, 0.15) is 23.8 Å². The topological polar surface area (TPSA) is 70.8 Å². The van der Waals surface area contributed by atoms with E-state index < -0.39 is 17.8 Å². The van der Waals surface area contributed by atoms with E-state index in [9.17, 15) is 18.0 Å². The van der Waals surface area contributed by atoms with Gasteiger partial charge in [0.2, 0.25) is 5.89 Å². The third-order valence-electron chi connectivity index (χ3n) is 5.36. The zero-order valence-electron chi connectivity index (χ0n) is 20.1. The Balaban J connectivity index is 1.66. The van der Waals surface area contributed by atoms with Gasteiger partial charge in [-0.2, -0.15) is 13.2 Å². The molecule has 1 heterocycles. The first-order valence-corrected chi connectivity index (χ1v) is 11.3. The van der Waals surface area contributed by atoms with Crippen molar-refractivity contribution in [2.75, 3.05) is 13.2 Å². The quantitative estimate of drug-likeness (QED) is 0.321. The van der Waals surface area contributed by atoms with Crippen molar-refractivity contribution in [3.8, 4) is 17.2 Å². The Morgan fingerprint density at radius 2 is 1.77 bits per heavy atom. The van der Waals surface area contributed by atoms with Crippen molar-refractivity contribution in [2.45, 2.75) is 53.0 Å². The molecule has 0 aliphatic rings. The Hall–Kier alpha value is -3.33. The molecule has 0 saturated carbocycles. The van der Waals surface area contributed by atoms with Gasteiger partial charge >= 0.3 is 12.1 Å². The number of halogens is 3. The molecule has 9 heteroatoms. The van der Waals surface area contributed by atoms with Gasteiger partial charge in [0.15, 0.2) is 6.10 Å². The number of hydrogen-bond acceptors (Lipinski definition) is 6. The molecule has 188 valence electrons. The number of alkyl halides is 3. The maximum Gasteiger partial charge on any atom is 0.416 e. The summed E-state index contributed by atoms with van der Waals surface area (Å²) in [5.74, 6) is 0.956. The van der Waals surface area contributed by atoms with Gasteiger partial charge in [-0.1, -0.05) is 6.07 Å². The summed E-state index contributed by atoms with van der Waals surface area (Å²) in [6.07, 6.45) is -4.69. The minimum atomic E-state index is -4.40. The van der Waals surface area contributed by atoms with Crippen LogP contribution in [0, 0.1) is 13.8 Å². The highest BCUT2D eigenvalue weighted by Gasteiger charge is 2.30. The van der Waals surface area contributed by atoms with Gasteiger partial charge in [-0.15, -0.1) is 0 Å². The second-order valence-corrected chi connectivity index (χ2v) is 7.87. The lowest BCUT2D eigenvalue weighted by molar-refractivity contribution is -0.156. The third kappa shape index (κ3) is 6.85. The molecule has 0 N–H and O–H groups in total. The van der Waals surface area contributed by atoms with Gasteiger partial charge in [0.25, 0.3) is 0 Å². The van der Waals surface area contributed by atoms with Crippen LogP contribution in [0.25, 0.3) is 11.5 Å². The van der Waals surface area contributed by atoms with E-state index in [1.807, 2.05) is 26.0 Å². The van der Waals surface area contributed by atoms with Crippen molar-refractivity contribution in [1.82, 2.24) is 4.98 Å². The highest BCUT2D eigenvalue weighted by atomic mass is 19.4. The van der Waals surface area contributed by atoms with Crippen LogP contribution in [0.15, 0.2) is 46.9 Å². The van der Waals surface area contributed by atoms with E-state index in [0.29, 0.717) is 35.8 Å². The van der Waals surface area contributed by atoms with E-state index in [1.54, 1.807) is 19.9 Å². The SMILES string of the molecule is CCOC(=O)C(Cc1ccc(OCc2nc(-c3ccc(C(F)(F)F)cc3)oc2C)cc1C)OCC. The van der Waals surface area contributed by atoms with Crippen molar-refractivity contribution < 1.29 is 36.6 Å². The fraction of sp³-hybridized carbons (Fsp3) is 0.385. The van der Waals surface area contributed by atoms with Crippen molar-refractivity contribution in [2.24, 2.45) is 0 Å². The van der Waals surface area contributed by atoms with Crippen LogP contribution in [0.5, 0.6) is 5.75 Å². The minimum absolute atomic E-state index is 0.124. The first-order chi connectivity index (χ1) is 16.6. The summed E-state index contributed by atoms with van der Waals surface area (Å²) in [7, 11) is 0. The molecular weight excluding hydrogens is 463 g/mol. The second-order valence-electron chi connectivity index (χ2n) is 7.87. The number of esters is 1. The van der Waals surface area contributed by atoms with E-state index in [-0.39, 0.29) is 25.1 Å². The van der Waals surface area contributed by atoms with Gasteiger partial charge < -0.3 is 18.6 Å². The molecule has 1 atom stereocenters. The van der Waals surface area contributed by atoms with E-state index in [4.69, 9.17) is 18.6 Å². The van der Waals surface area contributed by atoms with Crippen LogP contribution in [-0.4, -0.2) is 30.3 Å². The lowest BCUT2D eigenvalue weighted by Crippen LogP contribution is -2.29. The number of rotatable bonds is 10. The molecule has 2 aromatic carbocycles. The number of benzene rings is 2. The van der Waals surface area contributed by atoms with Crippen molar-refractivity contribution >= 4 is 5.97 Å². The van der Waals surface area contributed by atoms with Crippen molar-refractivity contribution in [3.05, 3.63) is 70.6 Å². The van der Waals surface area contributed by atoms with Crippen molar-refractivity contribution in [1.29, 1.82) is 0 Å². The molecule has 0 spiro atoms. The summed E-state index contributed by atoms with van der Waals surface area (Å²) >= 11 is 0. The molecule has 1 unspecified atom stereocenters. The van der Waals surface area contributed by atoms with E-state index >= 15 is 0 Å². The predicted octanol–water partition coefficient (Wildman–Crippen LogP) is 6.07. The molecule has 3 aromatic rings. The average molecular weight is 492 g/mol. The summed E-state index contributed by atoms with van der Waals surface area (Å²) in [5, 5.41) is 0. The number of nitrogens with zero attached hydrogens (tertiary/aromatic N) is 1. The molecule has 35 heavy (non-hydrogen) atoms. The average Bonchev–Trinajstić information content (AvgIpc) is 3.19. The molecule has 6 nitrogen and oxygen atoms in total. The summed E-state index contributed by atoms with van der Waals surface area (Å²) in [6.45, 7) is 8.02. The lowest BCUT2D eigenvalue weighted by atomic mass is 10.0. The van der Waals surface area contributed by atoms with Crippen LogP contribution in [0.1, 0.15) is 42.0 Å². The van der Waals surface area contributed by atoms with E-state index in [1.165, 1.54) is 12.1 Å². The number of aryl methyl sites for hydroxylation is 2. The molecular formula is C26H28F3NO5. The first kappa shape index (κ1) is 26.3. The molecule has 0 aliphatic carbocycles. The summed E-state index contributed by atoms with van der Waals surface area (Å²) in [4.78, 5) is 16.5. The molecule has 0 amide bonds. The highest BCUT2D eigenvalue weighted by Crippen LogP contribution is 2.31. The third-order valence-corrected chi connectivity index (χ3v) is 5.36. The molecule has 0 bridgehead atoms. The predicted molar refractivity (Wildman–Crippen MR) is 123 cm³/mol. The second kappa shape index (κ2) is 11.4. The number of ether oxygens (including phenoxy) is 3. The van der Waals surface area contributed by atoms with E-state index in [0.717, 1.165) is 23.3 Å². The summed E-state index contributed by atoms with van der Waals surface area (Å²) in [6, 6.07) is 10.2. The van der Waals surface area contributed by atoms with Crippen LogP contribution in [0.3, 0.4) is 0 Å². The number of oxazole rings is 1. The minimum Gasteiger partial charge on any atom is -0.487 e. The van der Waals surface area contributed by atoms with Crippen LogP contribution in [0.4, 0.5) is 13.2 Å². The number of aromatic nitrogens is 1. The van der Waals surface area contributed by atoms with Crippen molar-refractivity contribution in [3.63, 3.8) is 0 Å². The Bertz CT molecular complexity index is 1140.